The van der Waals surface area contributed by atoms with Gasteiger partial charge in [-0.15, -0.1) is 0 Å². The molecule has 4 rings (SSSR count). The molecule has 3 aromatic heterocycles. The van der Waals surface area contributed by atoms with Gasteiger partial charge >= 0.3 is 0 Å². The first-order valence-corrected chi connectivity index (χ1v) is 9.35. The molecule has 4 aromatic rings. The van der Waals surface area contributed by atoms with Crippen molar-refractivity contribution in [3.8, 4) is 11.5 Å². The lowest BCUT2D eigenvalue weighted by Gasteiger charge is -2.14. The van der Waals surface area contributed by atoms with Crippen LogP contribution in [0.2, 0.25) is 0 Å². The van der Waals surface area contributed by atoms with Gasteiger partial charge in [-0.3, -0.25) is 14.6 Å². The van der Waals surface area contributed by atoms with Gasteiger partial charge in [0.05, 0.1) is 22.8 Å². The average Bonchev–Trinajstić information content (AvgIpc) is 3.02. The fourth-order valence-corrected chi connectivity index (χ4v) is 3.34. The third kappa shape index (κ3) is 3.54. The monoisotopic (exact) mass is 387 g/mol. The van der Waals surface area contributed by atoms with E-state index in [1.165, 1.54) is 6.07 Å². The summed E-state index contributed by atoms with van der Waals surface area (Å²) in [4.78, 5) is 39.8. The first kappa shape index (κ1) is 18.6. The number of pyridine rings is 1. The fraction of sp³-hybridized carbons (Fsp3) is 0.182. The van der Waals surface area contributed by atoms with Gasteiger partial charge in [0.2, 0.25) is 0 Å². The summed E-state index contributed by atoms with van der Waals surface area (Å²) in [5, 5.41) is 3.97. The molecule has 0 fully saturated rings. The number of para-hydroxylation sites is 1. The number of amides is 1. The Balaban J connectivity index is 1.64. The Morgan fingerprint density at radius 2 is 1.93 bits per heavy atom. The Morgan fingerprint density at radius 3 is 2.69 bits per heavy atom. The fourth-order valence-electron chi connectivity index (χ4n) is 3.34. The molecular formula is C22H21N5O2. The minimum absolute atomic E-state index is 0.231. The number of fused-ring (bicyclic) bond motifs is 1. The molecule has 1 atom stereocenters. The SMILES string of the molecule is Cc1[nH]c2c(C(=O)NC(C)c3cc(=O)[nH]c(-c4ccccn4)n3)cccc2c1C. The summed E-state index contributed by atoms with van der Waals surface area (Å²) in [6.45, 7) is 5.81. The third-order valence-electron chi connectivity index (χ3n) is 5.05. The zero-order chi connectivity index (χ0) is 20.5. The Morgan fingerprint density at radius 1 is 1.10 bits per heavy atom. The summed E-state index contributed by atoms with van der Waals surface area (Å²) in [6.07, 6.45) is 1.63. The highest BCUT2D eigenvalue weighted by atomic mass is 16.1. The van der Waals surface area contributed by atoms with Crippen LogP contribution in [0.3, 0.4) is 0 Å². The smallest absolute Gasteiger partial charge is 0.253 e. The van der Waals surface area contributed by atoms with E-state index in [4.69, 9.17) is 0 Å². The van der Waals surface area contributed by atoms with Crippen molar-refractivity contribution in [3.05, 3.63) is 81.5 Å². The van der Waals surface area contributed by atoms with E-state index in [9.17, 15) is 9.59 Å². The molecule has 1 amide bonds. The summed E-state index contributed by atoms with van der Waals surface area (Å²) in [5.74, 6) is 0.137. The van der Waals surface area contributed by atoms with Gasteiger partial charge in [0.1, 0.15) is 5.69 Å². The number of carbonyl (C=O) groups excluding carboxylic acids is 1. The van der Waals surface area contributed by atoms with Gasteiger partial charge in [-0.1, -0.05) is 18.2 Å². The number of benzene rings is 1. The maximum Gasteiger partial charge on any atom is 0.253 e. The normalized spacial score (nSPS) is 12.1. The summed E-state index contributed by atoms with van der Waals surface area (Å²) in [6, 6.07) is 12.0. The van der Waals surface area contributed by atoms with Crippen LogP contribution in [0.4, 0.5) is 0 Å². The highest BCUT2D eigenvalue weighted by Gasteiger charge is 2.18. The van der Waals surface area contributed by atoms with E-state index in [2.05, 4.69) is 25.3 Å². The molecule has 7 nitrogen and oxygen atoms in total. The molecule has 0 aliphatic carbocycles. The highest BCUT2D eigenvalue weighted by molar-refractivity contribution is 6.06. The molecule has 29 heavy (non-hydrogen) atoms. The van der Waals surface area contributed by atoms with Gasteiger partial charge in [0.15, 0.2) is 5.82 Å². The molecule has 0 aliphatic heterocycles. The van der Waals surface area contributed by atoms with E-state index in [1.54, 1.807) is 31.3 Å². The zero-order valence-electron chi connectivity index (χ0n) is 16.4. The van der Waals surface area contributed by atoms with Crippen LogP contribution in [0.5, 0.6) is 0 Å². The average molecular weight is 387 g/mol. The Labute approximate surface area is 167 Å². The van der Waals surface area contributed by atoms with Crippen molar-refractivity contribution in [1.29, 1.82) is 0 Å². The van der Waals surface area contributed by atoms with Crippen molar-refractivity contribution in [1.82, 2.24) is 25.3 Å². The molecule has 3 N–H and O–H groups in total. The number of hydrogen-bond acceptors (Lipinski definition) is 4. The second kappa shape index (κ2) is 7.35. The molecule has 0 saturated heterocycles. The van der Waals surface area contributed by atoms with Crippen LogP contribution in [0, 0.1) is 13.8 Å². The van der Waals surface area contributed by atoms with Crippen molar-refractivity contribution in [3.63, 3.8) is 0 Å². The molecule has 1 unspecified atom stereocenters. The van der Waals surface area contributed by atoms with E-state index in [1.807, 2.05) is 32.0 Å². The quantitative estimate of drug-likeness (QED) is 0.499. The second-order valence-corrected chi connectivity index (χ2v) is 7.03. The van der Waals surface area contributed by atoms with Crippen molar-refractivity contribution in [2.24, 2.45) is 0 Å². The van der Waals surface area contributed by atoms with Gasteiger partial charge in [-0.05, 0) is 44.5 Å². The van der Waals surface area contributed by atoms with Crippen molar-refractivity contribution in [2.45, 2.75) is 26.8 Å². The molecule has 1 aromatic carbocycles. The number of aromatic nitrogens is 4. The molecule has 0 radical (unpaired) electrons. The molecule has 3 heterocycles. The van der Waals surface area contributed by atoms with Crippen molar-refractivity contribution >= 4 is 16.8 Å². The van der Waals surface area contributed by atoms with Crippen molar-refractivity contribution in [2.75, 3.05) is 0 Å². The topological polar surface area (TPSA) is 104 Å². The first-order chi connectivity index (χ1) is 13.9. The van der Waals surface area contributed by atoms with Gasteiger partial charge in [-0.25, -0.2) is 4.98 Å². The Kier molecular flexibility index (Phi) is 4.72. The number of rotatable bonds is 4. The summed E-state index contributed by atoms with van der Waals surface area (Å²) in [7, 11) is 0. The lowest BCUT2D eigenvalue weighted by atomic mass is 10.1. The van der Waals surface area contributed by atoms with E-state index in [0.29, 0.717) is 22.8 Å². The number of nitrogens with zero attached hydrogens (tertiary/aromatic N) is 2. The molecule has 7 heteroatoms. The number of carbonyl (C=O) groups is 1. The van der Waals surface area contributed by atoms with Crippen molar-refractivity contribution < 1.29 is 4.79 Å². The number of nitrogens with one attached hydrogen (secondary N) is 3. The largest absolute Gasteiger partial charge is 0.358 e. The predicted octanol–water partition coefficient (Wildman–Crippen LogP) is 3.42. The molecule has 0 saturated carbocycles. The molecule has 0 aliphatic rings. The number of hydrogen-bond donors (Lipinski definition) is 3. The van der Waals surface area contributed by atoms with Gasteiger partial charge in [0, 0.05) is 23.3 Å². The van der Waals surface area contributed by atoms with Crippen LogP contribution in [-0.2, 0) is 0 Å². The lowest BCUT2D eigenvalue weighted by Crippen LogP contribution is -2.28. The third-order valence-corrected chi connectivity index (χ3v) is 5.05. The van der Waals surface area contributed by atoms with Crippen LogP contribution < -0.4 is 10.9 Å². The molecular weight excluding hydrogens is 366 g/mol. The first-order valence-electron chi connectivity index (χ1n) is 9.35. The number of H-pyrrole nitrogens is 2. The highest BCUT2D eigenvalue weighted by Crippen LogP contribution is 2.24. The summed E-state index contributed by atoms with van der Waals surface area (Å²) in [5.41, 5.74) is 4.25. The molecule has 0 bridgehead atoms. The van der Waals surface area contributed by atoms with E-state index >= 15 is 0 Å². The summed E-state index contributed by atoms with van der Waals surface area (Å²) >= 11 is 0. The van der Waals surface area contributed by atoms with Crippen LogP contribution >= 0.6 is 0 Å². The van der Waals surface area contributed by atoms with E-state index < -0.39 is 6.04 Å². The number of aromatic amines is 2. The molecule has 0 spiro atoms. The van der Waals surface area contributed by atoms with Gasteiger partial charge in [0.25, 0.3) is 11.5 Å². The second-order valence-electron chi connectivity index (χ2n) is 7.03. The Hall–Kier alpha value is -3.74. The maximum absolute atomic E-state index is 12.9. The minimum Gasteiger partial charge on any atom is -0.358 e. The van der Waals surface area contributed by atoms with E-state index in [-0.39, 0.29) is 11.5 Å². The van der Waals surface area contributed by atoms with Crippen LogP contribution in [0.25, 0.3) is 22.4 Å². The summed E-state index contributed by atoms with van der Waals surface area (Å²) < 4.78 is 0. The zero-order valence-corrected chi connectivity index (χ0v) is 16.4. The van der Waals surface area contributed by atoms with Gasteiger partial charge < -0.3 is 15.3 Å². The minimum atomic E-state index is -0.459. The lowest BCUT2D eigenvalue weighted by molar-refractivity contribution is 0.0940. The van der Waals surface area contributed by atoms with Crippen LogP contribution in [0.15, 0.2) is 53.5 Å². The Bertz CT molecular complexity index is 1260. The van der Waals surface area contributed by atoms with Crippen LogP contribution in [0.1, 0.15) is 40.3 Å². The predicted molar refractivity (Wildman–Crippen MR) is 112 cm³/mol. The van der Waals surface area contributed by atoms with E-state index in [0.717, 1.165) is 22.2 Å². The number of aryl methyl sites for hydroxylation is 2. The van der Waals surface area contributed by atoms with Crippen LogP contribution in [-0.4, -0.2) is 25.8 Å². The standard InChI is InChI=1S/C22H21N5O2/c1-12-13(2)24-20-15(12)7-6-8-16(20)22(29)25-14(3)18-11-19(28)27-21(26-18)17-9-4-5-10-23-17/h4-11,14,24H,1-3H3,(H,25,29)(H,26,27,28). The van der Waals surface area contributed by atoms with Gasteiger partial charge in [-0.2, -0.15) is 0 Å². The molecule has 146 valence electrons. The maximum atomic E-state index is 12.9.